The second-order valence-electron chi connectivity index (χ2n) is 10.4. The topological polar surface area (TPSA) is 96.0 Å². The van der Waals surface area contributed by atoms with Crippen LogP contribution >= 0.6 is 0 Å². The molecule has 0 spiro atoms. The minimum absolute atomic E-state index is 0.0538. The summed E-state index contributed by atoms with van der Waals surface area (Å²) in [5, 5.41) is 3.08. The lowest BCUT2D eigenvalue weighted by molar-refractivity contribution is -0.139. The van der Waals surface area contributed by atoms with E-state index in [9.17, 15) is 22.4 Å². The predicted molar refractivity (Wildman–Crippen MR) is 160 cm³/mol. The smallest absolute Gasteiger partial charge is 0.264 e. The average molecular weight is 596 g/mol. The van der Waals surface area contributed by atoms with Crippen LogP contribution in [0, 0.1) is 5.82 Å². The summed E-state index contributed by atoms with van der Waals surface area (Å²) in [5.41, 5.74) is 0.920. The van der Waals surface area contributed by atoms with Crippen LogP contribution in [0.5, 0.6) is 5.75 Å². The Labute approximate surface area is 247 Å². The highest BCUT2D eigenvalue weighted by Gasteiger charge is 2.33. The van der Waals surface area contributed by atoms with Gasteiger partial charge in [0.1, 0.15) is 24.2 Å². The van der Waals surface area contributed by atoms with Gasteiger partial charge in [-0.05, 0) is 80.8 Å². The van der Waals surface area contributed by atoms with Crippen LogP contribution in [-0.2, 0) is 26.2 Å². The van der Waals surface area contributed by atoms with Crippen molar-refractivity contribution in [3.05, 3.63) is 90.2 Å². The fourth-order valence-electron chi connectivity index (χ4n) is 5.07. The van der Waals surface area contributed by atoms with Crippen LogP contribution in [0.1, 0.15) is 51.5 Å². The molecule has 224 valence electrons. The summed E-state index contributed by atoms with van der Waals surface area (Å²) < 4.78 is 48.0. The van der Waals surface area contributed by atoms with Crippen LogP contribution in [0.2, 0.25) is 0 Å². The summed E-state index contributed by atoms with van der Waals surface area (Å²) in [6.45, 7) is 3.42. The lowest BCUT2D eigenvalue weighted by Crippen LogP contribution is -2.53. The second-order valence-corrected chi connectivity index (χ2v) is 12.3. The second kappa shape index (κ2) is 14.3. The van der Waals surface area contributed by atoms with Crippen molar-refractivity contribution >= 4 is 27.5 Å². The minimum atomic E-state index is -4.26. The number of carbonyl (C=O) groups excluding carboxylic acids is 2. The van der Waals surface area contributed by atoms with E-state index in [0.717, 1.165) is 54.1 Å². The standard InChI is InChI=1S/C32H38FN3O5S/c1-3-41-29-18-20-30(21-19-29)42(39,40)36(28-16-14-26(33)15-17-28)23-31(37)35(22-25-10-6-4-7-11-25)24(2)32(38)34-27-12-8-5-9-13-27/h4,6-7,10-11,14-21,24,27H,3,5,8-9,12-13,22-23H2,1-2H3,(H,34,38). The first-order valence-corrected chi connectivity index (χ1v) is 15.8. The first kappa shape index (κ1) is 31.0. The molecule has 10 heteroatoms. The number of sulfonamides is 1. The molecule has 4 rings (SSSR count). The van der Waals surface area contributed by atoms with Crippen LogP contribution < -0.4 is 14.4 Å². The number of anilines is 1. The zero-order chi connectivity index (χ0) is 30.1. The van der Waals surface area contributed by atoms with Gasteiger partial charge in [0.05, 0.1) is 17.2 Å². The van der Waals surface area contributed by atoms with Crippen molar-refractivity contribution in [1.29, 1.82) is 0 Å². The number of amides is 2. The first-order chi connectivity index (χ1) is 20.2. The zero-order valence-electron chi connectivity index (χ0n) is 24.0. The van der Waals surface area contributed by atoms with Gasteiger partial charge >= 0.3 is 0 Å². The average Bonchev–Trinajstić information content (AvgIpc) is 3.00. The number of nitrogens with one attached hydrogen (secondary N) is 1. The number of halogens is 1. The van der Waals surface area contributed by atoms with Crippen molar-refractivity contribution in [2.75, 3.05) is 17.5 Å². The number of carbonyl (C=O) groups is 2. The Hall–Kier alpha value is -3.92. The van der Waals surface area contributed by atoms with Gasteiger partial charge in [-0.3, -0.25) is 13.9 Å². The maximum atomic E-state index is 14.0. The maximum Gasteiger partial charge on any atom is 0.264 e. The monoisotopic (exact) mass is 595 g/mol. The Kier molecular flexibility index (Phi) is 10.6. The molecular weight excluding hydrogens is 557 g/mol. The van der Waals surface area contributed by atoms with Gasteiger partial charge < -0.3 is 15.0 Å². The Morgan fingerprint density at radius 3 is 2.21 bits per heavy atom. The third-order valence-electron chi connectivity index (χ3n) is 7.43. The molecule has 3 aromatic rings. The molecule has 0 heterocycles. The number of benzene rings is 3. The highest BCUT2D eigenvalue weighted by Crippen LogP contribution is 2.26. The van der Waals surface area contributed by atoms with E-state index in [-0.39, 0.29) is 29.1 Å². The molecule has 0 bridgehead atoms. The number of ether oxygens (including phenoxy) is 1. The van der Waals surface area contributed by atoms with E-state index in [2.05, 4.69) is 5.32 Å². The fraction of sp³-hybridized carbons (Fsp3) is 0.375. The van der Waals surface area contributed by atoms with Gasteiger partial charge in [-0.25, -0.2) is 12.8 Å². The van der Waals surface area contributed by atoms with Gasteiger partial charge in [-0.15, -0.1) is 0 Å². The summed E-state index contributed by atoms with van der Waals surface area (Å²) in [6, 6.07) is 19.2. The summed E-state index contributed by atoms with van der Waals surface area (Å²) in [7, 11) is -4.26. The fourth-order valence-corrected chi connectivity index (χ4v) is 6.48. The SMILES string of the molecule is CCOc1ccc(S(=O)(=O)N(CC(=O)N(Cc2ccccc2)C(C)C(=O)NC2CCCCC2)c2ccc(F)cc2)cc1. The molecule has 0 saturated heterocycles. The van der Waals surface area contributed by atoms with Crippen molar-refractivity contribution in [2.45, 2.75) is 69.5 Å². The van der Waals surface area contributed by atoms with E-state index in [0.29, 0.717) is 12.4 Å². The Balaban J connectivity index is 1.65. The van der Waals surface area contributed by atoms with E-state index in [1.165, 1.54) is 29.2 Å². The van der Waals surface area contributed by atoms with Gasteiger partial charge in [-0.2, -0.15) is 0 Å². The van der Waals surface area contributed by atoms with Crippen molar-refractivity contribution in [3.8, 4) is 5.75 Å². The van der Waals surface area contributed by atoms with Gasteiger partial charge in [0.2, 0.25) is 11.8 Å². The quantitative estimate of drug-likeness (QED) is 0.307. The zero-order valence-corrected chi connectivity index (χ0v) is 24.9. The molecule has 42 heavy (non-hydrogen) atoms. The van der Waals surface area contributed by atoms with Crippen LogP contribution in [0.3, 0.4) is 0 Å². The number of nitrogens with zero attached hydrogens (tertiary/aromatic N) is 2. The van der Waals surface area contributed by atoms with Crippen LogP contribution in [0.15, 0.2) is 83.8 Å². The van der Waals surface area contributed by atoms with Gasteiger partial charge in [0, 0.05) is 12.6 Å². The van der Waals surface area contributed by atoms with E-state index in [1.807, 2.05) is 37.3 Å². The molecule has 0 aliphatic heterocycles. The van der Waals surface area contributed by atoms with Gasteiger partial charge in [-0.1, -0.05) is 49.6 Å². The molecule has 1 aliphatic rings. The van der Waals surface area contributed by atoms with E-state index < -0.39 is 34.3 Å². The van der Waals surface area contributed by atoms with Crippen LogP contribution in [0.4, 0.5) is 10.1 Å². The maximum absolute atomic E-state index is 14.0. The summed E-state index contributed by atoms with van der Waals surface area (Å²) >= 11 is 0. The normalized spacial score (nSPS) is 14.5. The summed E-state index contributed by atoms with van der Waals surface area (Å²) in [6.07, 6.45) is 5.01. The molecule has 8 nitrogen and oxygen atoms in total. The Morgan fingerprint density at radius 1 is 0.952 bits per heavy atom. The highest BCUT2D eigenvalue weighted by atomic mass is 32.2. The van der Waals surface area contributed by atoms with Crippen molar-refractivity contribution < 1.29 is 27.1 Å². The third-order valence-corrected chi connectivity index (χ3v) is 9.22. The summed E-state index contributed by atoms with van der Waals surface area (Å²) in [4.78, 5) is 28.7. The molecule has 1 atom stereocenters. The molecule has 1 unspecified atom stereocenters. The largest absolute Gasteiger partial charge is 0.494 e. The molecule has 1 fully saturated rings. The van der Waals surface area contributed by atoms with E-state index in [4.69, 9.17) is 4.74 Å². The molecule has 1 aliphatic carbocycles. The molecule has 3 aromatic carbocycles. The molecule has 1 saturated carbocycles. The van der Waals surface area contributed by atoms with Crippen molar-refractivity contribution in [2.24, 2.45) is 0 Å². The van der Waals surface area contributed by atoms with Gasteiger partial charge in [0.25, 0.3) is 10.0 Å². The minimum Gasteiger partial charge on any atom is -0.494 e. The van der Waals surface area contributed by atoms with Crippen molar-refractivity contribution in [1.82, 2.24) is 10.2 Å². The summed E-state index contributed by atoms with van der Waals surface area (Å²) in [5.74, 6) is -0.882. The van der Waals surface area contributed by atoms with Crippen LogP contribution in [0.25, 0.3) is 0 Å². The lowest BCUT2D eigenvalue weighted by Gasteiger charge is -2.33. The van der Waals surface area contributed by atoms with Crippen LogP contribution in [-0.4, -0.2) is 50.4 Å². The molecule has 1 N–H and O–H groups in total. The van der Waals surface area contributed by atoms with Gasteiger partial charge in [0.15, 0.2) is 0 Å². The Morgan fingerprint density at radius 2 is 1.60 bits per heavy atom. The van der Waals surface area contributed by atoms with Crippen molar-refractivity contribution in [3.63, 3.8) is 0 Å². The predicted octanol–water partition coefficient (Wildman–Crippen LogP) is 5.29. The number of hydrogen-bond donors (Lipinski definition) is 1. The molecular formula is C32H38FN3O5S. The lowest BCUT2D eigenvalue weighted by atomic mass is 9.95. The first-order valence-electron chi connectivity index (χ1n) is 14.3. The molecule has 0 radical (unpaired) electrons. The molecule has 0 aromatic heterocycles. The third kappa shape index (κ3) is 7.88. The number of hydrogen-bond acceptors (Lipinski definition) is 5. The highest BCUT2D eigenvalue weighted by molar-refractivity contribution is 7.92. The van der Waals surface area contributed by atoms with E-state index in [1.54, 1.807) is 19.1 Å². The Bertz CT molecular complexity index is 1430. The number of rotatable bonds is 12. The molecule has 2 amide bonds. The van der Waals surface area contributed by atoms with E-state index >= 15 is 0 Å².